The molecule has 4 nitrogen and oxygen atoms in total. The SMILES string of the molecule is Cc1ccc(S(=O)(=O)N2C[C@H]3C[C@@]3(CO)[C@@H]2c2ccccc2)cc1. The summed E-state index contributed by atoms with van der Waals surface area (Å²) in [5, 5.41) is 9.97. The Hall–Kier alpha value is -1.69. The average Bonchev–Trinajstić information content (AvgIpc) is 3.21. The number of nitrogens with zero attached hydrogens (tertiary/aromatic N) is 1. The van der Waals surface area contributed by atoms with Gasteiger partial charge in [0.1, 0.15) is 0 Å². The van der Waals surface area contributed by atoms with Gasteiger partial charge < -0.3 is 5.11 Å². The van der Waals surface area contributed by atoms with Gasteiger partial charge in [-0.25, -0.2) is 8.42 Å². The van der Waals surface area contributed by atoms with Crippen LogP contribution >= 0.6 is 0 Å². The molecule has 4 rings (SSSR count). The summed E-state index contributed by atoms with van der Waals surface area (Å²) >= 11 is 0. The summed E-state index contributed by atoms with van der Waals surface area (Å²) in [7, 11) is -3.58. The standard InChI is InChI=1S/C19H21NO3S/c1-14-7-9-17(10-8-14)24(22,23)20-12-16-11-19(16,13-21)18(20)15-5-3-2-4-6-15/h2-10,16,18,21H,11-13H2,1H3/t16-,18+,19+/m1/s1. The maximum Gasteiger partial charge on any atom is 0.243 e. The molecule has 2 fully saturated rings. The van der Waals surface area contributed by atoms with Crippen LogP contribution in [-0.2, 0) is 10.0 Å². The lowest BCUT2D eigenvalue weighted by Gasteiger charge is -2.31. The summed E-state index contributed by atoms with van der Waals surface area (Å²) in [5.41, 5.74) is 1.67. The molecule has 1 aliphatic heterocycles. The van der Waals surface area contributed by atoms with E-state index in [9.17, 15) is 13.5 Å². The Bertz CT molecular complexity index is 844. The molecule has 1 aliphatic carbocycles. The van der Waals surface area contributed by atoms with Crippen LogP contribution in [0, 0.1) is 18.3 Å². The molecule has 126 valence electrons. The fraction of sp³-hybridized carbons (Fsp3) is 0.368. The van der Waals surface area contributed by atoms with Crippen molar-refractivity contribution in [3.05, 3.63) is 65.7 Å². The molecule has 5 heteroatoms. The highest BCUT2D eigenvalue weighted by Gasteiger charge is 2.68. The Morgan fingerprint density at radius 3 is 2.42 bits per heavy atom. The summed E-state index contributed by atoms with van der Waals surface area (Å²) in [5.74, 6) is 0.243. The molecule has 1 N–H and O–H groups in total. The molecular formula is C19H21NO3S. The first kappa shape index (κ1) is 15.8. The van der Waals surface area contributed by atoms with E-state index < -0.39 is 10.0 Å². The van der Waals surface area contributed by atoms with E-state index in [1.807, 2.05) is 49.4 Å². The third kappa shape index (κ3) is 2.23. The van der Waals surface area contributed by atoms with Crippen molar-refractivity contribution in [1.29, 1.82) is 0 Å². The zero-order valence-corrected chi connectivity index (χ0v) is 14.4. The van der Waals surface area contributed by atoms with Crippen LogP contribution in [0.5, 0.6) is 0 Å². The Morgan fingerprint density at radius 1 is 1.12 bits per heavy atom. The minimum absolute atomic E-state index is 0.0249. The number of fused-ring (bicyclic) bond motifs is 1. The smallest absolute Gasteiger partial charge is 0.243 e. The number of aryl methyl sites for hydroxylation is 1. The van der Waals surface area contributed by atoms with Crippen LogP contribution in [0.3, 0.4) is 0 Å². The van der Waals surface area contributed by atoms with Gasteiger partial charge in [0.25, 0.3) is 0 Å². The van der Waals surface area contributed by atoms with Crippen LogP contribution in [-0.4, -0.2) is 31.0 Å². The third-order valence-corrected chi connectivity index (χ3v) is 7.39. The summed E-state index contributed by atoms with van der Waals surface area (Å²) in [4.78, 5) is 0.323. The molecule has 2 aliphatic rings. The third-order valence-electron chi connectivity index (χ3n) is 5.55. The van der Waals surface area contributed by atoms with E-state index in [4.69, 9.17) is 0 Å². The molecule has 2 aromatic carbocycles. The van der Waals surface area contributed by atoms with Gasteiger partial charge in [-0.15, -0.1) is 0 Å². The summed E-state index contributed by atoms with van der Waals surface area (Å²) in [6, 6.07) is 16.4. The fourth-order valence-electron chi connectivity index (χ4n) is 4.09. The van der Waals surface area contributed by atoms with Gasteiger partial charge in [-0.3, -0.25) is 0 Å². The second kappa shape index (κ2) is 5.41. The normalized spacial score (nSPS) is 29.4. The van der Waals surface area contributed by atoms with Gasteiger partial charge in [0, 0.05) is 12.0 Å². The topological polar surface area (TPSA) is 57.6 Å². The zero-order chi connectivity index (χ0) is 16.9. The van der Waals surface area contributed by atoms with Crippen molar-refractivity contribution < 1.29 is 13.5 Å². The highest BCUT2D eigenvalue weighted by Crippen LogP contribution is 2.67. The first-order valence-electron chi connectivity index (χ1n) is 8.23. The van der Waals surface area contributed by atoms with Crippen LogP contribution < -0.4 is 0 Å². The number of aliphatic hydroxyl groups excluding tert-OH is 1. The molecule has 3 atom stereocenters. The van der Waals surface area contributed by atoms with E-state index in [2.05, 4.69) is 0 Å². The van der Waals surface area contributed by atoms with Crippen molar-refractivity contribution in [2.45, 2.75) is 24.3 Å². The lowest BCUT2D eigenvalue weighted by Crippen LogP contribution is -2.36. The Labute approximate surface area is 142 Å². The summed E-state index contributed by atoms with van der Waals surface area (Å²) in [6.45, 7) is 2.45. The fourth-order valence-corrected chi connectivity index (χ4v) is 5.82. The highest BCUT2D eigenvalue weighted by atomic mass is 32.2. The Balaban J connectivity index is 1.78. The quantitative estimate of drug-likeness (QED) is 0.929. The number of aliphatic hydroxyl groups is 1. The van der Waals surface area contributed by atoms with Crippen LogP contribution in [0.25, 0.3) is 0 Å². The maximum atomic E-state index is 13.2. The van der Waals surface area contributed by atoms with Crippen molar-refractivity contribution in [2.75, 3.05) is 13.2 Å². The molecule has 1 heterocycles. The summed E-state index contributed by atoms with van der Waals surface area (Å²) < 4.78 is 28.0. The van der Waals surface area contributed by atoms with Crippen LogP contribution in [0.15, 0.2) is 59.5 Å². The van der Waals surface area contributed by atoms with Gasteiger partial charge in [-0.05, 0) is 37.0 Å². The van der Waals surface area contributed by atoms with E-state index in [1.165, 1.54) is 0 Å². The van der Waals surface area contributed by atoms with Gasteiger partial charge in [0.15, 0.2) is 0 Å². The van der Waals surface area contributed by atoms with Crippen LogP contribution in [0.4, 0.5) is 0 Å². The molecule has 24 heavy (non-hydrogen) atoms. The maximum absolute atomic E-state index is 13.2. The van der Waals surface area contributed by atoms with Crippen molar-refractivity contribution in [2.24, 2.45) is 11.3 Å². The Morgan fingerprint density at radius 2 is 1.79 bits per heavy atom. The molecule has 0 spiro atoms. The molecule has 0 radical (unpaired) electrons. The number of benzene rings is 2. The van der Waals surface area contributed by atoms with Gasteiger partial charge in [-0.2, -0.15) is 4.31 Å². The van der Waals surface area contributed by atoms with E-state index in [0.717, 1.165) is 17.5 Å². The largest absolute Gasteiger partial charge is 0.396 e. The predicted octanol–water partition coefficient (Wildman–Crippen LogP) is 2.74. The van der Waals surface area contributed by atoms with E-state index in [0.29, 0.717) is 11.4 Å². The molecule has 0 unspecified atom stereocenters. The van der Waals surface area contributed by atoms with Gasteiger partial charge in [0.05, 0.1) is 17.5 Å². The predicted molar refractivity (Wildman–Crippen MR) is 91.9 cm³/mol. The monoisotopic (exact) mass is 343 g/mol. The van der Waals surface area contributed by atoms with Crippen LogP contribution in [0.2, 0.25) is 0 Å². The number of rotatable bonds is 4. The highest BCUT2D eigenvalue weighted by molar-refractivity contribution is 7.89. The zero-order valence-electron chi connectivity index (χ0n) is 13.6. The second-order valence-electron chi connectivity index (χ2n) is 6.99. The molecule has 1 saturated heterocycles. The summed E-state index contributed by atoms with van der Waals surface area (Å²) in [6.07, 6.45) is 0.892. The van der Waals surface area contributed by atoms with E-state index >= 15 is 0 Å². The molecular weight excluding hydrogens is 322 g/mol. The van der Waals surface area contributed by atoms with Crippen molar-refractivity contribution in [1.82, 2.24) is 4.31 Å². The number of sulfonamides is 1. The van der Waals surface area contributed by atoms with Crippen molar-refractivity contribution in [3.8, 4) is 0 Å². The van der Waals surface area contributed by atoms with Crippen molar-refractivity contribution in [3.63, 3.8) is 0 Å². The molecule has 2 aromatic rings. The number of hydrogen-bond donors (Lipinski definition) is 1. The van der Waals surface area contributed by atoms with Gasteiger partial charge in [0.2, 0.25) is 10.0 Å². The molecule has 1 saturated carbocycles. The molecule has 0 amide bonds. The van der Waals surface area contributed by atoms with Gasteiger partial charge >= 0.3 is 0 Å². The minimum atomic E-state index is -3.58. The van der Waals surface area contributed by atoms with E-state index in [-0.39, 0.29) is 24.0 Å². The lowest BCUT2D eigenvalue weighted by atomic mass is 9.91. The van der Waals surface area contributed by atoms with Crippen LogP contribution in [0.1, 0.15) is 23.6 Å². The number of piperidine rings is 1. The average molecular weight is 343 g/mol. The minimum Gasteiger partial charge on any atom is -0.396 e. The molecule has 0 bridgehead atoms. The van der Waals surface area contributed by atoms with E-state index in [1.54, 1.807) is 16.4 Å². The second-order valence-corrected chi connectivity index (χ2v) is 8.88. The first-order valence-corrected chi connectivity index (χ1v) is 9.67. The number of hydrogen-bond acceptors (Lipinski definition) is 3. The molecule has 0 aromatic heterocycles. The van der Waals surface area contributed by atoms with Crippen molar-refractivity contribution >= 4 is 10.0 Å². The Kier molecular flexibility index (Phi) is 3.56. The lowest BCUT2D eigenvalue weighted by molar-refractivity contribution is 0.162. The first-order chi connectivity index (χ1) is 11.5. The van der Waals surface area contributed by atoms with Gasteiger partial charge in [-0.1, -0.05) is 48.0 Å².